The third kappa shape index (κ3) is 6.33. The molecule has 116 valence electrons. The van der Waals surface area contributed by atoms with Crippen molar-refractivity contribution in [3.63, 3.8) is 0 Å². The minimum absolute atomic E-state index is 0.197. The molecule has 0 fully saturated rings. The highest BCUT2D eigenvalue weighted by molar-refractivity contribution is 6.35. The first-order valence-corrected chi connectivity index (χ1v) is 7.34. The number of carbonyl (C=O) groups is 2. The van der Waals surface area contributed by atoms with Crippen molar-refractivity contribution < 1.29 is 20.0 Å². The molecule has 1 aromatic rings. The van der Waals surface area contributed by atoms with Gasteiger partial charge in [-0.15, -0.1) is 0 Å². The summed E-state index contributed by atoms with van der Waals surface area (Å²) >= 11 is 11.8. The summed E-state index contributed by atoms with van der Waals surface area (Å²) in [6, 6.07) is 3.74. The molecule has 5 nitrogen and oxygen atoms in total. The number of aliphatic carboxylic acids is 1. The van der Waals surface area contributed by atoms with Gasteiger partial charge in [0, 0.05) is 10.9 Å². The van der Waals surface area contributed by atoms with Crippen LogP contribution in [-0.2, 0) is 9.59 Å². The Labute approximate surface area is 133 Å². The number of carboxylic acids is 1. The molecule has 1 amide bonds. The highest BCUT2D eigenvalue weighted by Gasteiger charge is 2.19. The molecule has 1 rings (SSSR count). The molecule has 0 radical (unpaired) electrons. The number of anilines is 1. The Morgan fingerprint density at radius 2 is 2.00 bits per heavy atom. The summed E-state index contributed by atoms with van der Waals surface area (Å²) in [5, 5.41) is 16.0. The lowest BCUT2D eigenvalue weighted by molar-refractivity contribution is -0.686. The number of nitrogens with two attached hydrogens (primary N) is 1. The van der Waals surface area contributed by atoms with Gasteiger partial charge in [-0.2, -0.15) is 0 Å². The lowest BCUT2D eigenvalue weighted by Gasteiger charge is -2.17. The van der Waals surface area contributed by atoms with E-state index in [1.807, 2.05) is 13.8 Å². The summed E-state index contributed by atoms with van der Waals surface area (Å²) in [6.45, 7) is 4.53. The van der Waals surface area contributed by atoms with Crippen LogP contribution >= 0.6 is 23.2 Å². The first-order chi connectivity index (χ1) is 9.79. The number of rotatable bonds is 7. The molecule has 3 N–H and O–H groups in total. The van der Waals surface area contributed by atoms with Gasteiger partial charge in [0.05, 0.1) is 29.6 Å². The van der Waals surface area contributed by atoms with Crippen LogP contribution in [-0.4, -0.2) is 24.5 Å². The van der Waals surface area contributed by atoms with Crippen molar-refractivity contribution in [3.8, 4) is 0 Å². The first-order valence-electron chi connectivity index (χ1n) is 6.58. The van der Waals surface area contributed by atoms with E-state index in [4.69, 9.17) is 23.2 Å². The van der Waals surface area contributed by atoms with Gasteiger partial charge >= 0.3 is 0 Å². The molecule has 21 heavy (non-hydrogen) atoms. The molecular weight excluding hydrogens is 315 g/mol. The highest BCUT2D eigenvalue weighted by atomic mass is 35.5. The number of carbonyl (C=O) groups excluding carboxylic acids is 2. The number of benzene rings is 1. The zero-order valence-electron chi connectivity index (χ0n) is 11.9. The summed E-state index contributed by atoms with van der Waals surface area (Å²) in [5.74, 6) is -1.39. The number of hydrogen-bond acceptors (Lipinski definition) is 3. The maximum atomic E-state index is 11.9. The van der Waals surface area contributed by atoms with E-state index in [0.717, 1.165) is 0 Å². The molecule has 0 spiro atoms. The third-order valence-corrected chi connectivity index (χ3v) is 3.37. The SMILES string of the molecule is CC(C)C[NH2+][C@@H](CC(=O)Nc1cc(Cl)ccc1Cl)C(=O)[O-]. The number of hydrogen-bond donors (Lipinski definition) is 2. The normalized spacial score (nSPS) is 12.2. The Kier molecular flexibility index (Phi) is 6.95. The lowest BCUT2D eigenvalue weighted by atomic mass is 10.1. The molecule has 0 aliphatic heterocycles. The maximum absolute atomic E-state index is 11.9. The second-order valence-electron chi connectivity index (χ2n) is 5.17. The minimum atomic E-state index is -1.26. The predicted molar refractivity (Wildman–Crippen MR) is 80.1 cm³/mol. The van der Waals surface area contributed by atoms with Gasteiger partial charge in [0.2, 0.25) is 5.91 Å². The molecule has 1 atom stereocenters. The van der Waals surface area contributed by atoms with Crippen molar-refractivity contribution in [2.75, 3.05) is 11.9 Å². The Hall–Kier alpha value is -1.30. The first kappa shape index (κ1) is 17.8. The summed E-state index contributed by atoms with van der Waals surface area (Å²) in [6.07, 6.45) is -0.197. The van der Waals surface area contributed by atoms with Crippen molar-refractivity contribution in [2.24, 2.45) is 5.92 Å². The fourth-order valence-electron chi connectivity index (χ4n) is 1.69. The number of carboxylic acid groups (broad SMARTS) is 1. The van der Waals surface area contributed by atoms with Gasteiger partial charge < -0.3 is 20.5 Å². The van der Waals surface area contributed by atoms with E-state index in [9.17, 15) is 14.7 Å². The van der Waals surface area contributed by atoms with Gasteiger partial charge in [0.1, 0.15) is 6.04 Å². The quantitative estimate of drug-likeness (QED) is 0.769. The zero-order chi connectivity index (χ0) is 16.0. The van der Waals surface area contributed by atoms with Crippen LogP contribution in [0.4, 0.5) is 5.69 Å². The summed E-state index contributed by atoms with van der Waals surface area (Å²) < 4.78 is 0. The second-order valence-corrected chi connectivity index (χ2v) is 6.01. The average Bonchev–Trinajstić information content (AvgIpc) is 2.38. The van der Waals surface area contributed by atoms with E-state index >= 15 is 0 Å². The van der Waals surface area contributed by atoms with Gasteiger partial charge in [-0.05, 0) is 18.2 Å². The molecule has 0 aliphatic rings. The summed E-state index contributed by atoms with van der Waals surface area (Å²) in [5.41, 5.74) is 0.357. The molecular formula is C14H18Cl2N2O3. The van der Waals surface area contributed by atoms with E-state index in [1.165, 1.54) is 6.07 Å². The zero-order valence-corrected chi connectivity index (χ0v) is 13.4. The van der Waals surface area contributed by atoms with Gasteiger partial charge in [-0.3, -0.25) is 4.79 Å². The van der Waals surface area contributed by atoms with Crippen molar-refractivity contribution in [2.45, 2.75) is 26.3 Å². The molecule has 0 aliphatic carbocycles. The van der Waals surface area contributed by atoms with E-state index in [0.29, 0.717) is 28.2 Å². The van der Waals surface area contributed by atoms with Crippen LogP contribution in [0.2, 0.25) is 10.0 Å². The predicted octanol–water partition coefficient (Wildman–Crippen LogP) is 0.660. The maximum Gasteiger partial charge on any atom is 0.230 e. The Balaban J connectivity index is 2.65. The van der Waals surface area contributed by atoms with Crippen LogP contribution in [0.5, 0.6) is 0 Å². The van der Waals surface area contributed by atoms with Crippen LogP contribution in [0, 0.1) is 5.92 Å². The van der Waals surface area contributed by atoms with Crippen LogP contribution in [0.25, 0.3) is 0 Å². The highest BCUT2D eigenvalue weighted by Crippen LogP contribution is 2.25. The second kappa shape index (κ2) is 8.22. The molecule has 0 saturated carbocycles. The standard InChI is InChI=1S/C14H18Cl2N2O3/c1-8(2)7-17-12(14(20)21)6-13(19)18-11-5-9(15)3-4-10(11)16/h3-5,8,12,17H,6-7H2,1-2H3,(H,18,19)(H,20,21)/t12-/m0/s1. The van der Waals surface area contributed by atoms with E-state index in [1.54, 1.807) is 17.4 Å². The van der Waals surface area contributed by atoms with Crippen LogP contribution in [0.15, 0.2) is 18.2 Å². The van der Waals surface area contributed by atoms with Gasteiger partial charge in [0.25, 0.3) is 0 Å². The number of nitrogens with one attached hydrogen (secondary N) is 1. The van der Waals surface area contributed by atoms with E-state index < -0.39 is 17.9 Å². The van der Waals surface area contributed by atoms with Gasteiger partial charge in [-0.1, -0.05) is 37.0 Å². The van der Waals surface area contributed by atoms with E-state index in [-0.39, 0.29) is 6.42 Å². The van der Waals surface area contributed by atoms with Crippen molar-refractivity contribution in [1.82, 2.24) is 0 Å². The van der Waals surface area contributed by atoms with Gasteiger partial charge in [0.15, 0.2) is 0 Å². The third-order valence-electron chi connectivity index (χ3n) is 2.80. The number of quaternary nitrogens is 1. The van der Waals surface area contributed by atoms with Gasteiger partial charge in [-0.25, -0.2) is 0 Å². The Morgan fingerprint density at radius 1 is 1.33 bits per heavy atom. The summed E-state index contributed by atoms with van der Waals surface area (Å²) in [7, 11) is 0. The van der Waals surface area contributed by atoms with Crippen LogP contribution < -0.4 is 15.7 Å². The fourth-order valence-corrected chi connectivity index (χ4v) is 2.03. The molecule has 0 aromatic heterocycles. The van der Waals surface area contributed by atoms with Crippen LogP contribution in [0.3, 0.4) is 0 Å². The molecule has 0 heterocycles. The van der Waals surface area contributed by atoms with E-state index in [2.05, 4.69) is 5.32 Å². The van der Waals surface area contributed by atoms with Crippen molar-refractivity contribution in [3.05, 3.63) is 28.2 Å². The monoisotopic (exact) mass is 332 g/mol. The summed E-state index contributed by atoms with van der Waals surface area (Å²) in [4.78, 5) is 23.0. The molecule has 0 unspecified atom stereocenters. The van der Waals surface area contributed by atoms with Crippen molar-refractivity contribution in [1.29, 1.82) is 0 Å². The average molecular weight is 333 g/mol. The smallest absolute Gasteiger partial charge is 0.230 e. The fraction of sp³-hybridized carbons (Fsp3) is 0.429. The topological polar surface area (TPSA) is 85.8 Å². The van der Waals surface area contributed by atoms with Crippen LogP contribution in [0.1, 0.15) is 20.3 Å². The molecule has 7 heteroatoms. The Bertz CT molecular complexity index is 521. The van der Waals surface area contributed by atoms with Crippen molar-refractivity contribution >= 4 is 40.8 Å². The molecule has 0 bridgehead atoms. The molecule has 0 saturated heterocycles. The largest absolute Gasteiger partial charge is 0.544 e. The number of amides is 1. The number of halogens is 2. The minimum Gasteiger partial charge on any atom is -0.544 e. The molecule has 1 aromatic carbocycles. The lowest BCUT2D eigenvalue weighted by Crippen LogP contribution is -2.94. The Morgan fingerprint density at radius 3 is 2.57 bits per heavy atom.